The van der Waals surface area contributed by atoms with Crippen LogP contribution >= 0.6 is 0 Å². The molecule has 1 fully saturated rings. The van der Waals surface area contributed by atoms with Crippen LogP contribution < -0.4 is 10.9 Å². The van der Waals surface area contributed by atoms with Crippen LogP contribution in [0.3, 0.4) is 0 Å². The molecule has 0 unspecified atom stereocenters. The number of aryl methyl sites for hydroxylation is 1. The van der Waals surface area contributed by atoms with E-state index in [0.29, 0.717) is 24.6 Å². The van der Waals surface area contributed by atoms with Crippen LogP contribution in [0.2, 0.25) is 0 Å². The molecule has 2 N–H and O–H groups in total. The third kappa shape index (κ3) is 2.71. The number of carbonyl (C=O) groups excluding carboxylic acids is 2. The number of hydrogen-bond donors (Lipinski definition) is 2. The van der Waals surface area contributed by atoms with Crippen LogP contribution in [0, 0.1) is 6.92 Å². The van der Waals surface area contributed by atoms with Crippen molar-refractivity contribution in [1.82, 2.24) is 20.2 Å². The normalized spacial score (nSPS) is 15.4. The Morgan fingerprint density at radius 2 is 2.05 bits per heavy atom. The van der Waals surface area contributed by atoms with Gasteiger partial charge in [-0.3, -0.25) is 14.4 Å². The van der Waals surface area contributed by atoms with E-state index in [-0.39, 0.29) is 23.9 Å². The summed E-state index contributed by atoms with van der Waals surface area (Å²) in [5, 5.41) is 2.64. The molecule has 7 nitrogen and oxygen atoms in total. The van der Waals surface area contributed by atoms with Crippen LogP contribution in [0.1, 0.15) is 41.6 Å². The molecule has 0 bridgehead atoms. The zero-order valence-electron chi connectivity index (χ0n) is 11.8. The van der Waals surface area contributed by atoms with Crippen molar-refractivity contribution in [3.05, 3.63) is 27.4 Å². The molecule has 7 heteroatoms. The fraction of sp³-hybridized carbons (Fsp3) is 0.538. The van der Waals surface area contributed by atoms with E-state index in [4.69, 9.17) is 0 Å². The summed E-state index contributed by atoms with van der Waals surface area (Å²) in [6, 6.07) is 0. The van der Waals surface area contributed by atoms with E-state index in [1.807, 2.05) is 13.8 Å². The number of nitrogens with zero attached hydrogens (tertiary/aromatic N) is 2. The lowest BCUT2D eigenvalue weighted by atomic mass is 10.1. The molecule has 1 aliphatic heterocycles. The Bertz CT molecular complexity index is 606. The molecule has 0 radical (unpaired) electrons. The van der Waals surface area contributed by atoms with Gasteiger partial charge in [0.25, 0.3) is 11.5 Å². The smallest absolute Gasteiger partial charge is 0.264 e. The van der Waals surface area contributed by atoms with Crippen LogP contribution in [0.25, 0.3) is 0 Å². The number of aromatic amines is 1. The van der Waals surface area contributed by atoms with Crippen LogP contribution in [-0.4, -0.2) is 46.3 Å². The molecule has 1 saturated heterocycles. The number of aromatic nitrogens is 2. The van der Waals surface area contributed by atoms with Gasteiger partial charge in [-0.2, -0.15) is 0 Å². The average molecular weight is 278 g/mol. The van der Waals surface area contributed by atoms with E-state index < -0.39 is 11.5 Å². The maximum Gasteiger partial charge on any atom is 0.264 e. The molecular formula is C13H18N4O3. The van der Waals surface area contributed by atoms with Crippen LogP contribution in [0.4, 0.5) is 0 Å². The monoisotopic (exact) mass is 278 g/mol. The second-order valence-corrected chi connectivity index (χ2v) is 5.14. The average Bonchev–Trinajstić information content (AvgIpc) is 2.37. The minimum Gasteiger partial charge on any atom is -0.353 e. The molecule has 0 spiro atoms. The Labute approximate surface area is 116 Å². The first-order valence-electron chi connectivity index (χ1n) is 6.57. The first-order valence-corrected chi connectivity index (χ1v) is 6.57. The van der Waals surface area contributed by atoms with Crippen molar-refractivity contribution in [2.45, 2.75) is 26.7 Å². The van der Waals surface area contributed by atoms with Crippen LogP contribution in [0.5, 0.6) is 0 Å². The van der Waals surface area contributed by atoms with Gasteiger partial charge in [0.15, 0.2) is 0 Å². The summed E-state index contributed by atoms with van der Waals surface area (Å²) in [6.07, 6.45) is 0. The van der Waals surface area contributed by atoms with E-state index in [1.165, 1.54) is 4.90 Å². The van der Waals surface area contributed by atoms with Gasteiger partial charge in [-0.25, -0.2) is 4.98 Å². The maximum atomic E-state index is 12.4. The summed E-state index contributed by atoms with van der Waals surface area (Å²) in [4.78, 5) is 44.0. The second kappa shape index (κ2) is 5.44. The highest BCUT2D eigenvalue weighted by Gasteiger charge is 2.26. The van der Waals surface area contributed by atoms with E-state index in [1.54, 1.807) is 6.92 Å². The van der Waals surface area contributed by atoms with Crippen molar-refractivity contribution >= 4 is 11.8 Å². The van der Waals surface area contributed by atoms with Crippen molar-refractivity contribution in [2.75, 3.05) is 19.6 Å². The fourth-order valence-electron chi connectivity index (χ4n) is 2.10. The largest absolute Gasteiger partial charge is 0.353 e. The molecule has 0 aromatic carbocycles. The summed E-state index contributed by atoms with van der Waals surface area (Å²) in [6.45, 7) is 6.23. The van der Waals surface area contributed by atoms with Gasteiger partial charge in [-0.15, -0.1) is 0 Å². The summed E-state index contributed by atoms with van der Waals surface area (Å²) in [5.74, 6) is -0.0291. The van der Waals surface area contributed by atoms with Gasteiger partial charge in [0.1, 0.15) is 11.4 Å². The predicted octanol–water partition coefficient (Wildman–Crippen LogP) is -0.226. The third-order valence-electron chi connectivity index (χ3n) is 3.20. The number of amides is 2. The highest BCUT2D eigenvalue weighted by molar-refractivity contribution is 5.97. The molecule has 2 heterocycles. The first kappa shape index (κ1) is 14.2. The van der Waals surface area contributed by atoms with E-state index in [2.05, 4.69) is 15.3 Å². The molecule has 2 rings (SSSR count). The Kier molecular flexibility index (Phi) is 3.87. The van der Waals surface area contributed by atoms with Gasteiger partial charge in [0.05, 0.1) is 12.2 Å². The minimum absolute atomic E-state index is 0.0177. The van der Waals surface area contributed by atoms with Crippen LogP contribution in [-0.2, 0) is 4.79 Å². The maximum absolute atomic E-state index is 12.4. The highest BCUT2D eigenvalue weighted by Crippen LogP contribution is 2.10. The van der Waals surface area contributed by atoms with E-state index in [9.17, 15) is 14.4 Å². The van der Waals surface area contributed by atoms with Gasteiger partial charge in [-0.1, -0.05) is 13.8 Å². The van der Waals surface area contributed by atoms with Gasteiger partial charge >= 0.3 is 0 Å². The molecule has 2 amide bonds. The molecule has 0 saturated carbocycles. The van der Waals surface area contributed by atoms with Gasteiger partial charge in [0.2, 0.25) is 5.91 Å². The number of hydrogen-bond acceptors (Lipinski definition) is 4. The predicted molar refractivity (Wildman–Crippen MR) is 72.6 cm³/mol. The number of H-pyrrole nitrogens is 1. The van der Waals surface area contributed by atoms with Crippen LogP contribution in [0.15, 0.2) is 4.79 Å². The Hall–Kier alpha value is -2.18. The lowest BCUT2D eigenvalue weighted by Crippen LogP contribution is -2.51. The quantitative estimate of drug-likeness (QED) is 0.781. The minimum atomic E-state index is -0.447. The number of nitrogens with one attached hydrogen (secondary N) is 2. The molecular weight excluding hydrogens is 260 g/mol. The van der Waals surface area contributed by atoms with Crippen molar-refractivity contribution < 1.29 is 9.59 Å². The summed E-state index contributed by atoms with van der Waals surface area (Å²) in [7, 11) is 0. The molecule has 108 valence electrons. The standard InChI is InChI=1S/C13H18N4O3/c1-7(2)11-15-8(3)10(12(19)16-11)13(20)17-5-4-14-9(18)6-17/h7H,4-6H2,1-3H3,(H,14,18)(H,15,16,19). The van der Waals surface area contributed by atoms with Gasteiger partial charge < -0.3 is 15.2 Å². The molecule has 0 aliphatic carbocycles. The fourth-order valence-corrected chi connectivity index (χ4v) is 2.10. The lowest BCUT2D eigenvalue weighted by Gasteiger charge is -2.26. The highest BCUT2D eigenvalue weighted by atomic mass is 16.2. The Morgan fingerprint density at radius 3 is 2.60 bits per heavy atom. The third-order valence-corrected chi connectivity index (χ3v) is 3.20. The summed E-state index contributed by atoms with van der Waals surface area (Å²) >= 11 is 0. The molecule has 1 aromatic rings. The number of rotatable bonds is 2. The molecule has 1 aromatic heterocycles. The summed E-state index contributed by atoms with van der Waals surface area (Å²) in [5.41, 5.74) is -0.0327. The molecule has 1 aliphatic rings. The van der Waals surface area contributed by atoms with E-state index in [0.717, 1.165) is 0 Å². The SMILES string of the molecule is Cc1nc(C(C)C)[nH]c(=O)c1C(=O)N1CCNC(=O)C1. The van der Waals surface area contributed by atoms with Gasteiger partial charge in [0, 0.05) is 19.0 Å². The topological polar surface area (TPSA) is 95.2 Å². The molecule has 20 heavy (non-hydrogen) atoms. The van der Waals surface area contributed by atoms with Gasteiger partial charge in [-0.05, 0) is 6.92 Å². The zero-order valence-corrected chi connectivity index (χ0v) is 11.8. The van der Waals surface area contributed by atoms with Crippen molar-refractivity contribution in [2.24, 2.45) is 0 Å². The van der Waals surface area contributed by atoms with E-state index >= 15 is 0 Å². The summed E-state index contributed by atoms with van der Waals surface area (Å²) < 4.78 is 0. The van der Waals surface area contributed by atoms with Crippen molar-refractivity contribution in [3.8, 4) is 0 Å². The number of carbonyl (C=O) groups is 2. The second-order valence-electron chi connectivity index (χ2n) is 5.14. The lowest BCUT2D eigenvalue weighted by molar-refractivity contribution is -0.123. The van der Waals surface area contributed by atoms with Crippen molar-refractivity contribution in [1.29, 1.82) is 0 Å². The number of piperazine rings is 1. The van der Waals surface area contributed by atoms with Crippen molar-refractivity contribution in [3.63, 3.8) is 0 Å². The molecule has 0 atom stereocenters. The Morgan fingerprint density at radius 1 is 1.35 bits per heavy atom. The zero-order chi connectivity index (χ0) is 14.9. The first-order chi connectivity index (χ1) is 9.40. The Balaban J connectivity index is 2.35.